The predicted molar refractivity (Wildman–Crippen MR) is 324 cm³/mol. The van der Waals surface area contributed by atoms with Gasteiger partial charge in [-0.2, -0.15) is 0 Å². The van der Waals surface area contributed by atoms with E-state index < -0.39 is 124 Å². The number of carbonyl (C=O) groups is 1. The minimum absolute atomic E-state index is 0.249. The highest BCUT2D eigenvalue weighted by molar-refractivity contribution is 5.76. The number of hydrogen-bond donors (Lipinski definition) is 12. The van der Waals surface area contributed by atoms with Gasteiger partial charge in [-0.3, -0.25) is 4.79 Å². The quantitative estimate of drug-likeness (QED) is 0.0255. The van der Waals surface area contributed by atoms with Gasteiger partial charge in [0.2, 0.25) is 5.91 Å². The van der Waals surface area contributed by atoms with Crippen molar-refractivity contribution in [3.8, 4) is 0 Å². The molecule has 0 aromatic rings. The van der Waals surface area contributed by atoms with E-state index >= 15 is 0 Å². The van der Waals surface area contributed by atoms with Crippen molar-refractivity contribution in [3.63, 3.8) is 0 Å². The molecule has 0 spiro atoms. The van der Waals surface area contributed by atoms with E-state index in [1.54, 1.807) is 0 Å². The summed E-state index contributed by atoms with van der Waals surface area (Å²) in [6, 6.07) is -0.878. The van der Waals surface area contributed by atoms with Crippen LogP contribution in [0.25, 0.3) is 0 Å². The smallest absolute Gasteiger partial charge is 0.220 e. The summed E-state index contributed by atoms with van der Waals surface area (Å²) in [7, 11) is 0. The molecular formula is C65H125NO18. The number of unbranched alkanes of at least 4 members (excludes halogenated alkanes) is 37. The van der Waals surface area contributed by atoms with Crippen LogP contribution in [0.4, 0.5) is 0 Å². The summed E-state index contributed by atoms with van der Waals surface area (Å²) in [4.78, 5) is 13.2. The number of hydrogen-bond acceptors (Lipinski definition) is 18. The second-order valence-electron chi connectivity index (χ2n) is 25.0. The summed E-state index contributed by atoms with van der Waals surface area (Å²) in [5.41, 5.74) is 0. The minimum atomic E-state index is -1.97. The summed E-state index contributed by atoms with van der Waals surface area (Å²) < 4.78 is 34.2. The topological polar surface area (TPSA) is 307 Å². The molecule has 3 rings (SSSR count). The second kappa shape index (κ2) is 48.6. The number of rotatable bonds is 53. The summed E-state index contributed by atoms with van der Waals surface area (Å²) >= 11 is 0. The first-order valence-electron chi connectivity index (χ1n) is 34.3. The van der Waals surface area contributed by atoms with Crippen molar-refractivity contribution in [3.05, 3.63) is 0 Å². The molecule has 19 nitrogen and oxygen atoms in total. The van der Waals surface area contributed by atoms with Gasteiger partial charge in [0.25, 0.3) is 0 Å². The molecule has 0 bridgehead atoms. The maximum atomic E-state index is 13.2. The van der Waals surface area contributed by atoms with Crippen LogP contribution < -0.4 is 5.32 Å². The molecule has 498 valence electrons. The number of amides is 1. The summed E-state index contributed by atoms with van der Waals surface area (Å²) in [5, 5.41) is 120. The van der Waals surface area contributed by atoms with Gasteiger partial charge in [-0.25, -0.2) is 0 Å². The Bertz CT molecular complexity index is 1540. The first-order chi connectivity index (χ1) is 40.8. The molecule has 0 aromatic carbocycles. The fraction of sp³-hybridized carbons (Fsp3) is 0.985. The molecule has 84 heavy (non-hydrogen) atoms. The molecule has 3 aliphatic rings. The third kappa shape index (κ3) is 31.0. The molecule has 0 radical (unpaired) electrons. The van der Waals surface area contributed by atoms with Crippen LogP contribution in [0.5, 0.6) is 0 Å². The highest BCUT2D eigenvalue weighted by Crippen LogP contribution is 2.33. The fourth-order valence-corrected chi connectivity index (χ4v) is 12.1. The molecule has 3 fully saturated rings. The number of aliphatic hydroxyl groups excluding tert-OH is 11. The van der Waals surface area contributed by atoms with Crippen molar-refractivity contribution in [2.75, 3.05) is 26.4 Å². The Morgan fingerprint density at radius 1 is 0.381 bits per heavy atom. The maximum Gasteiger partial charge on any atom is 0.220 e. The standard InChI is InChI=1S/C65H125NO18/c1-3-5-7-9-11-12-13-14-15-16-17-18-19-20-21-22-23-24-25-26-27-28-29-30-31-32-33-34-35-36-37-38-40-42-49(70)48(66-53(71)43-41-39-10-8-6-4-2)47-79-63-59(77)56(74)61(51(45-68)81-63)84-65-60(78)57(75)62(52(46-69)82-65)83-64-58(76)55(73)54(72)50(44-67)80-64/h48-52,54-65,67-70,72-78H,3-47H2,1-2H3,(H,66,71). The zero-order chi connectivity index (χ0) is 61.2. The van der Waals surface area contributed by atoms with E-state index in [1.807, 2.05) is 0 Å². The van der Waals surface area contributed by atoms with Crippen LogP contribution in [0.1, 0.15) is 277 Å². The maximum absolute atomic E-state index is 13.2. The molecule has 19 heteroatoms. The van der Waals surface area contributed by atoms with Crippen molar-refractivity contribution in [2.24, 2.45) is 0 Å². The van der Waals surface area contributed by atoms with Gasteiger partial charge >= 0.3 is 0 Å². The van der Waals surface area contributed by atoms with Crippen LogP contribution in [0.3, 0.4) is 0 Å². The second-order valence-corrected chi connectivity index (χ2v) is 25.0. The van der Waals surface area contributed by atoms with Crippen molar-refractivity contribution < 1.29 is 89.4 Å². The predicted octanol–water partition coefficient (Wildman–Crippen LogP) is 8.33. The number of carbonyl (C=O) groups excluding carboxylic acids is 1. The van der Waals surface area contributed by atoms with Gasteiger partial charge in [0.1, 0.15) is 73.2 Å². The van der Waals surface area contributed by atoms with Crippen LogP contribution in [0.15, 0.2) is 0 Å². The Kier molecular flexibility index (Phi) is 44.6. The monoisotopic (exact) mass is 1210 g/mol. The van der Waals surface area contributed by atoms with Crippen LogP contribution >= 0.6 is 0 Å². The first kappa shape index (κ1) is 77.0. The van der Waals surface area contributed by atoms with E-state index in [-0.39, 0.29) is 18.9 Å². The van der Waals surface area contributed by atoms with Crippen molar-refractivity contribution in [1.29, 1.82) is 0 Å². The van der Waals surface area contributed by atoms with Gasteiger partial charge in [-0.05, 0) is 12.8 Å². The number of nitrogens with one attached hydrogen (secondary N) is 1. The van der Waals surface area contributed by atoms with E-state index in [0.717, 1.165) is 57.8 Å². The molecule has 3 saturated heterocycles. The van der Waals surface area contributed by atoms with Gasteiger partial charge in [-0.1, -0.05) is 258 Å². The van der Waals surface area contributed by atoms with Crippen LogP contribution in [0.2, 0.25) is 0 Å². The largest absolute Gasteiger partial charge is 0.394 e. The van der Waals surface area contributed by atoms with Gasteiger partial charge in [0.15, 0.2) is 18.9 Å². The van der Waals surface area contributed by atoms with E-state index in [9.17, 15) is 61.0 Å². The van der Waals surface area contributed by atoms with Gasteiger partial charge in [0.05, 0.1) is 38.6 Å². The molecule has 12 N–H and O–H groups in total. The van der Waals surface area contributed by atoms with Crippen molar-refractivity contribution >= 4 is 5.91 Å². The summed E-state index contributed by atoms with van der Waals surface area (Å²) in [6.45, 7) is 1.74. The normalized spacial score (nSPS) is 29.1. The van der Waals surface area contributed by atoms with Crippen LogP contribution in [-0.2, 0) is 33.2 Å². The lowest BCUT2D eigenvalue weighted by Gasteiger charge is -2.48. The Balaban J connectivity index is 1.29. The highest BCUT2D eigenvalue weighted by Gasteiger charge is 2.53. The third-order valence-corrected chi connectivity index (χ3v) is 17.7. The summed E-state index contributed by atoms with van der Waals surface area (Å²) in [6.07, 6.45) is 24.2. The van der Waals surface area contributed by atoms with Gasteiger partial charge < -0.3 is 89.9 Å². The third-order valence-electron chi connectivity index (χ3n) is 17.7. The fourth-order valence-electron chi connectivity index (χ4n) is 12.1. The van der Waals surface area contributed by atoms with Crippen molar-refractivity contribution in [1.82, 2.24) is 5.32 Å². The summed E-state index contributed by atoms with van der Waals surface area (Å²) in [5.74, 6) is -0.249. The SMILES string of the molecule is CCCCCCCCCCCCCCCCCCCCCCCCCCCCCCCCCCCC(O)C(COC1OC(CO)C(OC2OC(CO)C(OC3OC(CO)C(O)C(O)C3O)C(O)C2O)C(O)C1O)NC(=O)CCCCCCCC. The molecule has 3 heterocycles. The highest BCUT2D eigenvalue weighted by atomic mass is 16.8. The molecular weight excluding hydrogens is 1080 g/mol. The Morgan fingerprint density at radius 2 is 0.679 bits per heavy atom. The zero-order valence-electron chi connectivity index (χ0n) is 52.4. The average molecular weight is 1210 g/mol. The van der Waals surface area contributed by atoms with Gasteiger partial charge in [0, 0.05) is 6.42 Å². The lowest BCUT2D eigenvalue weighted by Crippen LogP contribution is -2.66. The van der Waals surface area contributed by atoms with Crippen LogP contribution in [0, 0.1) is 0 Å². The molecule has 17 unspecified atom stereocenters. The Labute approximate surface area is 506 Å². The van der Waals surface area contributed by atoms with Crippen LogP contribution in [-0.4, -0.2) is 193 Å². The minimum Gasteiger partial charge on any atom is -0.394 e. The first-order valence-corrected chi connectivity index (χ1v) is 34.3. The number of ether oxygens (including phenoxy) is 6. The zero-order valence-corrected chi connectivity index (χ0v) is 52.4. The lowest BCUT2D eigenvalue weighted by molar-refractivity contribution is -0.379. The lowest BCUT2D eigenvalue weighted by atomic mass is 9.96. The number of aliphatic hydroxyl groups is 11. The molecule has 0 aromatic heterocycles. The average Bonchev–Trinajstić information content (AvgIpc) is 2.90. The Morgan fingerprint density at radius 3 is 1.04 bits per heavy atom. The molecule has 1 amide bonds. The van der Waals surface area contributed by atoms with E-state index in [0.29, 0.717) is 12.8 Å². The molecule has 17 atom stereocenters. The van der Waals surface area contributed by atoms with E-state index in [1.165, 1.54) is 186 Å². The van der Waals surface area contributed by atoms with Gasteiger partial charge in [-0.15, -0.1) is 0 Å². The Hall–Kier alpha value is -1.21. The van der Waals surface area contributed by atoms with E-state index in [2.05, 4.69) is 19.2 Å². The van der Waals surface area contributed by atoms with Crippen molar-refractivity contribution in [2.45, 2.75) is 381 Å². The van der Waals surface area contributed by atoms with E-state index in [4.69, 9.17) is 28.4 Å². The molecule has 0 aliphatic carbocycles. The molecule has 0 saturated carbocycles. The molecule has 3 aliphatic heterocycles.